The van der Waals surface area contributed by atoms with Gasteiger partial charge in [0.15, 0.2) is 0 Å². The zero-order valence-corrected chi connectivity index (χ0v) is 7.91. The molecule has 72 valence electrons. The minimum atomic E-state index is -0.0576. The summed E-state index contributed by atoms with van der Waals surface area (Å²) in [5.74, 6) is 0.122. The Morgan fingerprint density at radius 2 is 2.25 bits per heavy atom. The number of aliphatic hydroxyl groups excluding tert-OH is 1. The molecule has 0 saturated carbocycles. The zero-order chi connectivity index (χ0) is 9.56. The SMILES string of the molecule is CON(C)C(=O)CC[C@@H](C)CO. The number of rotatable bonds is 5. The second-order valence-corrected chi connectivity index (χ2v) is 2.90. The van der Waals surface area contributed by atoms with Gasteiger partial charge in [-0.2, -0.15) is 0 Å². The Balaban J connectivity index is 3.56. The van der Waals surface area contributed by atoms with Gasteiger partial charge in [-0.1, -0.05) is 6.92 Å². The number of hydroxylamine groups is 2. The summed E-state index contributed by atoms with van der Waals surface area (Å²) in [5.41, 5.74) is 0. The first kappa shape index (κ1) is 11.4. The molecule has 1 atom stereocenters. The molecule has 0 aromatic rings. The third kappa shape index (κ3) is 4.31. The molecule has 0 aromatic heterocycles. The maximum Gasteiger partial charge on any atom is 0.245 e. The lowest BCUT2D eigenvalue weighted by atomic mass is 10.1. The van der Waals surface area contributed by atoms with Crippen LogP contribution in [0.25, 0.3) is 0 Å². The molecule has 1 N–H and O–H groups in total. The molecule has 0 fully saturated rings. The Morgan fingerprint density at radius 1 is 1.67 bits per heavy atom. The fourth-order valence-corrected chi connectivity index (χ4v) is 0.720. The van der Waals surface area contributed by atoms with Crippen LogP contribution in [0.3, 0.4) is 0 Å². The first-order valence-corrected chi connectivity index (χ1v) is 4.03. The van der Waals surface area contributed by atoms with E-state index in [-0.39, 0.29) is 18.4 Å². The first-order valence-electron chi connectivity index (χ1n) is 4.03. The van der Waals surface area contributed by atoms with Crippen LogP contribution in [0, 0.1) is 5.92 Å². The van der Waals surface area contributed by atoms with Crippen molar-refractivity contribution in [3.63, 3.8) is 0 Å². The van der Waals surface area contributed by atoms with Gasteiger partial charge in [-0.3, -0.25) is 9.63 Å². The second kappa shape index (κ2) is 5.97. The highest BCUT2D eigenvalue weighted by Gasteiger charge is 2.09. The van der Waals surface area contributed by atoms with Gasteiger partial charge < -0.3 is 5.11 Å². The maximum atomic E-state index is 11.1. The molecule has 0 aliphatic rings. The van der Waals surface area contributed by atoms with E-state index in [1.54, 1.807) is 7.05 Å². The molecule has 4 nitrogen and oxygen atoms in total. The second-order valence-electron chi connectivity index (χ2n) is 2.90. The summed E-state index contributed by atoms with van der Waals surface area (Å²) >= 11 is 0. The standard InChI is InChI=1S/C8H17NO3/c1-7(6-10)4-5-8(11)9(2)12-3/h7,10H,4-6H2,1-3H3/t7-/m1/s1. The van der Waals surface area contributed by atoms with Crippen LogP contribution >= 0.6 is 0 Å². The summed E-state index contributed by atoms with van der Waals surface area (Å²) in [7, 11) is 3.03. The third-order valence-corrected chi connectivity index (χ3v) is 1.79. The lowest BCUT2D eigenvalue weighted by molar-refractivity contribution is -0.168. The summed E-state index contributed by atoms with van der Waals surface area (Å²) in [6, 6.07) is 0. The van der Waals surface area contributed by atoms with Gasteiger partial charge in [0, 0.05) is 20.1 Å². The number of hydrogen-bond donors (Lipinski definition) is 1. The average Bonchev–Trinajstić information content (AvgIpc) is 2.11. The van der Waals surface area contributed by atoms with Crippen molar-refractivity contribution in [2.45, 2.75) is 19.8 Å². The summed E-state index contributed by atoms with van der Waals surface area (Å²) in [5, 5.41) is 9.89. The highest BCUT2D eigenvalue weighted by atomic mass is 16.7. The van der Waals surface area contributed by atoms with Crippen molar-refractivity contribution in [3.05, 3.63) is 0 Å². The van der Waals surface area contributed by atoms with Gasteiger partial charge in [0.1, 0.15) is 0 Å². The predicted molar refractivity (Wildman–Crippen MR) is 45.3 cm³/mol. The molecule has 0 saturated heterocycles. The van der Waals surface area contributed by atoms with Gasteiger partial charge in [-0.25, -0.2) is 5.06 Å². The molecule has 0 spiro atoms. The molecule has 4 heteroatoms. The van der Waals surface area contributed by atoms with E-state index in [2.05, 4.69) is 0 Å². The molecule has 0 bridgehead atoms. The normalized spacial score (nSPS) is 12.7. The first-order chi connectivity index (χ1) is 5.61. The minimum absolute atomic E-state index is 0.0576. The number of carbonyl (C=O) groups is 1. The van der Waals surface area contributed by atoms with E-state index >= 15 is 0 Å². The minimum Gasteiger partial charge on any atom is -0.396 e. The summed E-state index contributed by atoms with van der Waals surface area (Å²) < 4.78 is 0. The molecule has 12 heavy (non-hydrogen) atoms. The third-order valence-electron chi connectivity index (χ3n) is 1.79. The van der Waals surface area contributed by atoms with E-state index in [9.17, 15) is 4.79 Å². The Bertz CT molecular complexity index is 138. The van der Waals surface area contributed by atoms with E-state index in [4.69, 9.17) is 9.94 Å². The quantitative estimate of drug-likeness (QED) is 0.616. The van der Waals surface area contributed by atoms with Gasteiger partial charge in [-0.05, 0) is 12.3 Å². The summed E-state index contributed by atoms with van der Waals surface area (Å²) in [4.78, 5) is 15.8. The van der Waals surface area contributed by atoms with Crippen molar-refractivity contribution in [2.24, 2.45) is 5.92 Å². The van der Waals surface area contributed by atoms with Crippen molar-refractivity contribution >= 4 is 5.91 Å². The van der Waals surface area contributed by atoms with Crippen LogP contribution in [-0.2, 0) is 9.63 Å². The number of aliphatic hydroxyl groups is 1. The monoisotopic (exact) mass is 175 g/mol. The average molecular weight is 175 g/mol. The highest BCUT2D eigenvalue weighted by Crippen LogP contribution is 2.05. The van der Waals surface area contributed by atoms with Gasteiger partial charge in [0.25, 0.3) is 0 Å². The van der Waals surface area contributed by atoms with Crippen molar-refractivity contribution in [2.75, 3.05) is 20.8 Å². The number of carbonyl (C=O) groups excluding carboxylic acids is 1. The molecule has 0 unspecified atom stereocenters. The molecular weight excluding hydrogens is 158 g/mol. The van der Waals surface area contributed by atoms with Crippen LogP contribution in [0.2, 0.25) is 0 Å². The fraction of sp³-hybridized carbons (Fsp3) is 0.875. The van der Waals surface area contributed by atoms with Gasteiger partial charge in [0.2, 0.25) is 5.91 Å². The Labute approximate surface area is 73.1 Å². The van der Waals surface area contributed by atoms with Crippen LogP contribution in [0.5, 0.6) is 0 Å². The largest absolute Gasteiger partial charge is 0.396 e. The van der Waals surface area contributed by atoms with Crippen LogP contribution in [0.15, 0.2) is 0 Å². The van der Waals surface area contributed by atoms with E-state index in [0.29, 0.717) is 12.8 Å². The highest BCUT2D eigenvalue weighted by molar-refractivity contribution is 5.74. The maximum absolute atomic E-state index is 11.1. The van der Waals surface area contributed by atoms with Gasteiger partial charge in [-0.15, -0.1) is 0 Å². The Morgan fingerprint density at radius 3 is 2.67 bits per heavy atom. The zero-order valence-electron chi connectivity index (χ0n) is 7.91. The number of amides is 1. The molecule has 0 radical (unpaired) electrons. The van der Waals surface area contributed by atoms with Crippen LogP contribution in [0.4, 0.5) is 0 Å². The molecule has 0 aromatic carbocycles. The van der Waals surface area contributed by atoms with Crippen molar-refractivity contribution in [1.82, 2.24) is 5.06 Å². The summed E-state index contributed by atoms with van der Waals surface area (Å²) in [6.45, 7) is 2.03. The lowest BCUT2D eigenvalue weighted by Gasteiger charge is -2.14. The van der Waals surface area contributed by atoms with Gasteiger partial charge >= 0.3 is 0 Å². The van der Waals surface area contributed by atoms with Crippen molar-refractivity contribution < 1.29 is 14.7 Å². The van der Waals surface area contributed by atoms with E-state index in [0.717, 1.165) is 0 Å². The van der Waals surface area contributed by atoms with Crippen LogP contribution in [-0.4, -0.2) is 36.8 Å². The molecular formula is C8H17NO3. The van der Waals surface area contributed by atoms with Crippen molar-refractivity contribution in [1.29, 1.82) is 0 Å². The molecule has 0 rings (SSSR count). The summed E-state index contributed by atoms with van der Waals surface area (Å²) in [6.07, 6.45) is 1.12. The van der Waals surface area contributed by atoms with Crippen molar-refractivity contribution in [3.8, 4) is 0 Å². The molecule has 1 amide bonds. The fourth-order valence-electron chi connectivity index (χ4n) is 0.720. The molecule has 0 aliphatic heterocycles. The van der Waals surface area contributed by atoms with Crippen LogP contribution < -0.4 is 0 Å². The number of hydrogen-bond acceptors (Lipinski definition) is 3. The van der Waals surface area contributed by atoms with Crippen LogP contribution in [0.1, 0.15) is 19.8 Å². The van der Waals surface area contributed by atoms with E-state index in [1.165, 1.54) is 12.2 Å². The number of nitrogens with zero attached hydrogens (tertiary/aromatic N) is 1. The Kier molecular flexibility index (Phi) is 5.66. The smallest absolute Gasteiger partial charge is 0.245 e. The van der Waals surface area contributed by atoms with E-state index in [1.807, 2.05) is 6.92 Å². The topological polar surface area (TPSA) is 49.8 Å². The molecule has 0 heterocycles. The predicted octanol–water partition coefficient (Wildman–Crippen LogP) is 0.415. The lowest BCUT2D eigenvalue weighted by Crippen LogP contribution is -2.25. The molecule has 0 aliphatic carbocycles. The van der Waals surface area contributed by atoms with E-state index < -0.39 is 0 Å². The van der Waals surface area contributed by atoms with Gasteiger partial charge in [0.05, 0.1) is 7.11 Å². The Hall–Kier alpha value is -0.610.